The summed E-state index contributed by atoms with van der Waals surface area (Å²) in [7, 11) is 0. The van der Waals surface area contributed by atoms with Crippen molar-refractivity contribution >= 4 is 34.9 Å². The van der Waals surface area contributed by atoms with Gasteiger partial charge >= 0.3 is 6.09 Å². The van der Waals surface area contributed by atoms with Crippen LogP contribution in [0.5, 0.6) is 11.5 Å². The Kier molecular flexibility index (Phi) is 6.27. The highest BCUT2D eigenvalue weighted by molar-refractivity contribution is 14.1. The molecule has 0 aliphatic heterocycles. The molecule has 122 valence electrons. The molecule has 0 heterocycles. The van der Waals surface area contributed by atoms with Gasteiger partial charge in [0.15, 0.2) is 11.5 Å². The SMILES string of the molecule is CC(C)(C)OC(=O)N[C@@H](Cc1ccc(O)c(O)c1)C(=O)NI. The summed E-state index contributed by atoms with van der Waals surface area (Å²) in [6, 6.07) is 3.34. The highest BCUT2D eigenvalue weighted by Gasteiger charge is 2.24. The third-order valence-electron chi connectivity index (χ3n) is 2.58. The van der Waals surface area contributed by atoms with Gasteiger partial charge in [0.1, 0.15) is 11.6 Å². The number of ether oxygens (including phenoxy) is 1. The van der Waals surface area contributed by atoms with Crippen molar-refractivity contribution in [2.24, 2.45) is 0 Å². The van der Waals surface area contributed by atoms with Crippen LogP contribution < -0.4 is 8.85 Å². The molecule has 0 saturated carbocycles. The Hall–Kier alpha value is -1.71. The van der Waals surface area contributed by atoms with Crippen LogP contribution in [0.4, 0.5) is 4.79 Å². The van der Waals surface area contributed by atoms with Crippen molar-refractivity contribution in [3.8, 4) is 11.5 Å². The predicted octanol–water partition coefficient (Wildman–Crippen LogP) is 2.00. The minimum absolute atomic E-state index is 0.141. The van der Waals surface area contributed by atoms with Crippen LogP contribution >= 0.6 is 22.9 Å². The van der Waals surface area contributed by atoms with E-state index >= 15 is 0 Å². The van der Waals surface area contributed by atoms with E-state index in [-0.39, 0.29) is 17.9 Å². The number of carbonyl (C=O) groups excluding carboxylic acids is 2. The molecule has 0 aliphatic rings. The van der Waals surface area contributed by atoms with E-state index in [1.54, 1.807) is 49.7 Å². The lowest BCUT2D eigenvalue weighted by Gasteiger charge is -2.22. The van der Waals surface area contributed by atoms with Crippen LogP contribution in [0.15, 0.2) is 18.2 Å². The van der Waals surface area contributed by atoms with E-state index in [9.17, 15) is 19.8 Å². The van der Waals surface area contributed by atoms with Gasteiger partial charge in [0, 0.05) is 6.42 Å². The number of alkyl carbamates (subject to hydrolysis) is 1. The highest BCUT2D eigenvalue weighted by Crippen LogP contribution is 2.25. The lowest BCUT2D eigenvalue weighted by Crippen LogP contribution is -2.47. The van der Waals surface area contributed by atoms with E-state index in [1.165, 1.54) is 12.1 Å². The molecule has 0 bridgehead atoms. The van der Waals surface area contributed by atoms with Crippen molar-refractivity contribution < 1.29 is 24.5 Å². The number of hydrogen-bond acceptors (Lipinski definition) is 5. The van der Waals surface area contributed by atoms with Gasteiger partial charge in [-0.15, -0.1) is 0 Å². The second-order valence-electron chi connectivity index (χ2n) is 5.68. The van der Waals surface area contributed by atoms with Crippen molar-refractivity contribution in [2.75, 3.05) is 0 Å². The molecule has 0 aliphatic carbocycles. The van der Waals surface area contributed by atoms with E-state index in [1.807, 2.05) is 0 Å². The van der Waals surface area contributed by atoms with Crippen LogP contribution in [0.1, 0.15) is 26.3 Å². The predicted molar refractivity (Wildman–Crippen MR) is 88.8 cm³/mol. The first-order valence-corrected chi connectivity index (χ1v) is 7.61. The van der Waals surface area contributed by atoms with E-state index < -0.39 is 23.6 Å². The maximum atomic E-state index is 11.9. The molecular weight excluding hydrogens is 403 g/mol. The molecule has 8 heteroatoms. The lowest BCUT2D eigenvalue weighted by atomic mass is 10.0. The average molecular weight is 422 g/mol. The molecule has 0 aromatic heterocycles. The quantitative estimate of drug-likeness (QED) is 0.337. The first-order valence-electron chi connectivity index (χ1n) is 6.53. The van der Waals surface area contributed by atoms with Crippen LogP contribution in [0, 0.1) is 0 Å². The zero-order valence-corrected chi connectivity index (χ0v) is 14.7. The minimum atomic E-state index is -0.865. The van der Waals surface area contributed by atoms with Crippen molar-refractivity contribution in [3.05, 3.63) is 23.8 Å². The highest BCUT2D eigenvalue weighted by atomic mass is 127. The molecule has 1 atom stereocenters. The molecular formula is C14H19IN2O5. The molecule has 0 radical (unpaired) electrons. The van der Waals surface area contributed by atoms with Gasteiger partial charge in [-0.1, -0.05) is 6.07 Å². The molecule has 0 saturated heterocycles. The van der Waals surface area contributed by atoms with Gasteiger partial charge in [-0.05, 0) is 38.5 Å². The van der Waals surface area contributed by atoms with Crippen LogP contribution in [-0.2, 0) is 16.0 Å². The number of rotatable bonds is 4. The molecule has 22 heavy (non-hydrogen) atoms. The number of halogens is 1. The summed E-state index contributed by atoms with van der Waals surface area (Å²) in [5.74, 6) is -0.943. The fraction of sp³-hybridized carbons (Fsp3) is 0.429. The molecule has 1 rings (SSSR count). The molecule has 4 N–H and O–H groups in total. The maximum Gasteiger partial charge on any atom is 0.408 e. The van der Waals surface area contributed by atoms with Crippen LogP contribution in [0.25, 0.3) is 0 Å². The summed E-state index contributed by atoms with van der Waals surface area (Å²) in [5.41, 5.74) is -0.0944. The standard InChI is InChI=1S/C14H19IN2O5/c1-14(2,3)22-13(21)16-9(12(20)17-15)6-8-4-5-10(18)11(19)7-8/h4-5,7,9,18-19H,6H2,1-3H3,(H,16,21)(H,17,20)/t9-/m0/s1. The summed E-state index contributed by atoms with van der Waals surface area (Å²) in [6.45, 7) is 5.16. The summed E-state index contributed by atoms with van der Waals surface area (Å²) >= 11 is 1.68. The molecule has 1 aromatic rings. The zero-order chi connectivity index (χ0) is 16.9. The van der Waals surface area contributed by atoms with Crippen molar-refractivity contribution in [2.45, 2.75) is 38.8 Å². The van der Waals surface area contributed by atoms with E-state index in [2.05, 4.69) is 8.85 Å². The summed E-state index contributed by atoms with van der Waals surface area (Å²) in [4.78, 5) is 23.7. The van der Waals surface area contributed by atoms with Gasteiger partial charge in [-0.25, -0.2) is 4.79 Å². The van der Waals surface area contributed by atoms with E-state index in [0.717, 1.165) is 0 Å². The topological polar surface area (TPSA) is 108 Å². The number of carbonyl (C=O) groups is 2. The Bertz CT molecular complexity index is 557. The molecule has 1 aromatic carbocycles. The fourth-order valence-corrected chi connectivity index (χ4v) is 2.03. The summed E-state index contributed by atoms with van der Waals surface area (Å²) in [6.07, 6.45) is -0.567. The molecule has 0 spiro atoms. The van der Waals surface area contributed by atoms with Gasteiger partial charge in [0.05, 0.1) is 22.9 Å². The van der Waals surface area contributed by atoms with Gasteiger partial charge < -0.3 is 20.3 Å². The van der Waals surface area contributed by atoms with Gasteiger partial charge in [-0.2, -0.15) is 0 Å². The number of phenolic OH excluding ortho intramolecular Hbond substituents is 2. The van der Waals surface area contributed by atoms with Crippen LogP contribution in [-0.4, -0.2) is 33.9 Å². The second-order valence-corrected chi connectivity index (χ2v) is 6.22. The largest absolute Gasteiger partial charge is 0.504 e. The first kappa shape index (κ1) is 18.3. The van der Waals surface area contributed by atoms with Crippen molar-refractivity contribution in [3.63, 3.8) is 0 Å². The third kappa shape index (κ3) is 5.96. The molecule has 7 nitrogen and oxygen atoms in total. The number of benzene rings is 1. The van der Waals surface area contributed by atoms with Gasteiger partial charge in [0.2, 0.25) is 0 Å². The Morgan fingerprint density at radius 2 is 1.91 bits per heavy atom. The van der Waals surface area contributed by atoms with E-state index in [0.29, 0.717) is 5.56 Å². The van der Waals surface area contributed by atoms with Gasteiger partial charge in [0.25, 0.3) is 5.91 Å². The number of phenols is 2. The Labute approximate surface area is 142 Å². The lowest BCUT2D eigenvalue weighted by molar-refractivity contribution is -0.120. The summed E-state index contributed by atoms with van der Waals surface area (Å²) in [5, 5.41) is 21.3. The van der Waals surface area contributed by atoms with Crippen molar-refractivity contribution in [1.82, 2.24) is 8.85 Å². The first-order chi connectivity index (χ1) is 10.1. The third-order valence-corrected chi connectivity index (χ3v) is 3.11. The summed E-state index contributed by atoms with van der Waals surface area (Å²) < 4.78 is 7.55. The van der Waals surface area contributed by atoms with Gasteiger partial charge in [-0.3, -0.25) is 8.32 Å². The number of aromatic hydroxyl groups is 2. The Balaban J connectivity index is 2.82. The maximum absolute atomic E-state index is 11.9. The average Bonchev–Trinajstić information content (AvgIpc) is 2.39. The molecule has 2 amide bonds. The monoisotopic (exact) mass is 422 g/mol. The Morgan fingerprint density at radius 3 is 2.41 bits per heavy atom. The molecule has 0 fully saturated rings. The van der Waals surface area contributed by atoms with Crippen LogP contribution in [0.2, 0.25) is 0 Å². The smallest absolute Gasteiger partial charge is 0.408 e. The van der Waals surface area contributed by atoms with Crippen LogP contribution in [0.3, 0.4) is 0 Å². The number of amides is 2. The Morgan fingerprint density at radius 1 is 1.27 bits per heavy atom. The fourth-order valence-electron chi connectivity index (χ4n) is 1.66. The number of nitrogens with one attached hydrogen (secondary N) is 2. The minimum Gasteiger partial charge on any atom is -0.504 e. The molecule has 0 unspecified atom stereocenters. The number of hydrogen-bond donors (Lipinski definition) is 4. The van der Waals surface area contributed by atoms with Crippen molar-refractivity contribution in [1.29, 1.82) is 0 Å². The second kappa shape index (κ2) is 7.52. The van der Waals surface area contributed by atoms with E-state index in [4.69, 9.17) is 4.74 Å². The normalized spacial score (nSPS) is 12.4. The zero-order valence-electron chi connectivity index (χ0n) is 12.5.